The van der Waals surface area contributed by atoms with Crippen molar-refractivity contribution in [2.24, 2.45) is 0 Å². The Morgan fingerprint density at radius 3 is 2.62 bits per heavy atom. The van der Waals surface area contributed by atoms with Gasteiger partial charge in [-0.25, -0.2) is 0 Å². The normalized spacial score (nSPS) is 19.8. The fourth-order valence-corrected chi connectivity index (χ4v) is 1.55. The number of hydrogen-bond acceptors (Lipinski definition) is 4. The van der Waals surface area contributed by atoms with Gasteiger partial charge in [0.15, 0.2) is 0 Å². The Hall–Kier alpha value is -0.650. The molecule has 3 N–H and O–H groups in total. The standard InChI is InChI=1S/C11H22N2O3/c1-9(2)12-7-10(14)13-8-11(15)3-5-16-6-4-11/h9,12,15H,3-8H2,1-2H3,(H,13,14). The number of nitrogens with one attached hydrogen (secondary N) is 2. The predicted octanol–water partition coefficient (Wildman–Crippen LogP) is -0.358. The molecule has 1 aliphatic rings. The summed E-state index contributed by atoms with van der Waals surface area (Å²) in [7, 11) is 0. The van der Waals surface area contributed by atoms with Crippen LogP contribution in [-0.4, -0.2) is 49.0 Å². The quantitative estimate of drug-likeness (QED) is 0.603. The van der Waals surface area contributed by atoms with E-state index in [4.69, 9.17) is 4.74 Å². The Labute approximate surface area is 96.6 Å². The van der Waals surface area contributed by atoms with Gasteiger partial charge < -0.3 is 20.5 Å². The molecule has 1 heterocycles. The van der Waals surface area contributed by atoms with Crippen LogP contribution in [0.15, 0.2) is 0 Å². The number of carbonyl (C=O) groups is 1. The van der Waals surface area contributed by atoms with E-state index in [-0.39, 0.29) is 11.9 Å². The number of carbonyl (C=O) groups excluding carboxylic acids is 1. The van der Waals surface area contributed by atoms with Crippen LogP contribution in [-0.2, 0) is 9.53 Å². The molecular formula is C11H22N2O3. The first-order valence-electron chi connectivity index (χ1n) is 5.82. The van der Waals surface area contributed by atoms with Crippen molar-refractivity contribution in [2.75, 3.05) is 26.3 Å². The zero-order valence-electron chi connectivity index (χ0n) is 10.1. The van der Waals surface area contributed by atoms with E-state index in [9.17, 15) is 9.90 Å². The lowest BCUT2D eigenvalue weighted by atomic mass is 9.94. The topological polar surface area (TPSA) is 70.6 Å². The molecule has 0 aromatic heterocycles. The van der Waals surface area contributed by atoms with Crippen molar-refractivity contribution in [2.45, 2.75) is 38.3 Å². The zero-order chi connectivity index (χ0) is 12.0. The second-order valence-electron chi connectivity index (χ2n) is 4.65. The van der Waals surface area contributed by atoms with Gasteiger partial charge in [0.2, 0.25) is 5.91 Å². The molecule has 0 aliphatic carbocycles. The first kappa shape index (κ1) is 13.4. The molecule has 0 aromatic rings. The summed E-state index contributed by atoms with van der Waals surface area (Å²) >= 11 is 0. The minimum atomic E-state index is -0.786. The molecule has 1 rings (SSSR count). The summed E-state index contributed by atoms with van der Waals surface area (Å²) in [6.07, 6.45) is 1.18. The summed E-state index contributed by atoms with van der Waals surface area (Å²) in [5, 5.41) is 15.9. The molecule has 1 fully saturated rings. The summed E-state index contributed by atoms with van der Waals surface area (Å²) in [6, 6.07) is 0.289. The SMILES string of the molecule is CC(C)NCC(=O)NCC1(O)CCOCC1. The molecule has 1 amide bonds. The molecule has 0 unspecified atom stereocenters. The van der Waals surface area contributed by atoms with Crippen LogP contribution in [0.4, 0.5) is 0 Å². The number of aliphatic hydroxyl groups is 1. The third kappa shape index (κ3) is 4.92. The minimum Gasteiger partial charge on any atom is -0.388 e. The van der Waals surface area contributed by atoms with Gasteiger partial charge >= 0.3 is 0 Å². The van der Waals surface area contributed by atoms with E-state index in [0.29, 0.717) is 39.1 Å². The molecule has 0 aromatic carbocycles. The van der Waals surface area contributed by atoms with E-state index in [2.05, 4.69) is 10.6 Å². The molecule has 0 bridgehead atoms. The van der Waals surface area contributed by atoms with Gasteiger partial charge in [0.25, 0.3) is 0 Å². The first-order chi connectivity index (χ1) is 7.52. The summed E-state index contributed by atoms with van der Waals surface area (Å²) in [6.45, 7) is 5.71. The number of rotatable bonds is 5. The average molecular weight is 230 g/mol. The lowest BCUT2D eigenvalue weighted by Crippen LogP contribution is -2.48. The van der Waals surface area contributed by atoms with Crippen molar-refractivity contribution < 1.29 is 14.6 Å². The van der Waals surface area contributed by atoms with Crippen molar-refractivity contribution in [1.82, 2.24) is 10.6 Å². The van der Waals surface area contributed by atoms with Crippen LogP contribution >= 0.6 is 0 Å². The zero-order valence-corrected chi connectivity index (χ0v) is 10.1. The van der Waals surface area contributed by atoms with Crippen molar-refractivity contribution in [1.29, 1.82) is 0 Å². The van der Waals surface area contributed by atoms with Crippen LogP contribution in [0.2, 0.25) is 0 Å². The Morgan fingerprint density at radius 1 is 1.44 bits per heavy atom. The molecule has 0 spiro atoms. The number of ether oxygens (including phenoxy) is 1. The third-order valence-electron chi connectivity index (χ3n) is 2.71. The van der Waals surface area contributed by atoms with E-state index in [1.165, 1.54) is 0 Å². The molecule has 0 radical (unpaired) electrons. The molecule has 94 valence electrons. The van der Waals surface area contributed by atoms with Gasteiger partial charge in [-0.2, -0.15) is 0 Å². The van der Waals surface area contributed by atoms with Gasteiger partial charge in [-0.15, -0.1) is 0 Å². The maximum Gasteiger partial charge on any atom is 0.234 e. The van der Waals surface area contributed by atoms with Crippen molar-refractivity contribution >= 4 is 5.91 Å². The molecule has 1 aliphatic heterocycles. The van der Waals surface area contributed by atoms with E-state index >= 15 is 0 Å². The second kappa shape index (κ2) is 6.18. The third-order valence-corrected chi connectivity index (χ3v) is 2.71. The number of hydrogen-bond donors (Lipinski definition) is 3. The minimum absolute atomic E-state index is 0.0754. The van der Waals surface area contributed by atoms with Gasteiger partial charge in [-0.3, -0.25) is 4.79 Å². The summed E-state index contributed by atoms with van der Waals surface area (Å²) in [5.41, 5.74) is -0.786. The van der Waals surface area contributed by atoms with Crippen LogP contribution in [0, 0.1) is 0 Å². The van der Waals surface area contributed by atoms with E-state index < -0.39 is 5.60 Å². The maximum absolute atomic E-state index is 11.4. The molecule has 1 saturated heterocycles. The predicted molar refractivity (Wildman–Crippen MR) is 61.2 cm³/mol. The lowest BCUT2D eigenvalue weighted by Gasteiger charge is -2.32. The smallest absolute Gasteiger partial charge is 0.234 e. The summed E-state index contributed by atoms with van der Waals surface area (Å²) in [4.78, 5) is 11.4. The Kier molecular flexibility index (Phi) is 5.18. The van der Waals surface area contributed by atoms with Gasteiger partial charge in [0, 0.05) is 38.6 Å². The van der Waals surface area contributed by atoms with Gasteiger partial charge in [0.05, 0.1) is 12.1 Å². The van der Waals surface area contributed by atoms with E-state index in [1.54, 1.807) is 0 Å². The van der Waals surface area contributed by atoms with Crippen molar-refractivity contribution in [3.8, 4) is 0 Å². The molecule has 5 heteroatoms. The van der Waals surface area contributed by atoms with Crippen LogP contribution in [0.1, 0.15) is 26.7 Å². The highest BCUT2D eigenvalue weighted by atomic mass is 16.5. The van der Waals surface area contributed by atoms with Gasteiger partial charge in [-0.1, -0.05) is 13.8 Å². The Balaban J connectivity index is 2.19. The Bertz CT molecular complexity index is 225. The number of amides is 1. The van der Waals surface area contributed by atoms with Crippen LogP contribution in [0.25, 0.3) is 0 Å². The maximum atomic E-state index is 11.4. The highest BCUT2D eigenvalue weighted by Crippen LogP contribution is 2.18. The highest BCUT2D eigenvalue weighted by Gasteiger charge is 2.29. The van der Waals surface area contributed by atoms with Crippen LogP contribution in [0.5, 0.6) is 0 Å². The average Bonchev–Trinajstić information content (AvgIpc) is 2.25. The molecule has 16 heavy (non-hydrogen) atoms. The molecule has 5 nitrogen and oxygen atoms in total. The fraction of sp³-hybridized carbons (Fsp3) is 0.909. The summed E-state index contributed by atoms with van der Waals surface area (Å²) in [5.74, 6) is -0.0754. The second-order valence-corrected chi connectivity index (χ2v) is 4.65. The largest absolute Gasteiger partial charge is 0.388 e. The van der Waals surface area contributed by atoms with Crippen LogP contribution < -0.4 is 10.6 Å². The molecule has 0 saturated carbocycles. The van der Waals surface area contributed by atoms with Gasteiger partial charge in [-0.05, 0) is 0 Å². The fourth-order valence-electron chi connectivity index (χ4n) is 1.55. The molecule has 0 atom stereocenters. The molecular weight excluding hydrogens is 208 g/mol. The van der Waals surface area contributed by atoms with E-state index in [0.717, 1.165) is 0 Å². The lowest BCUT2D eigenvalue weighted by molar-refractivity contribution is -0.123. The highest BCUT2D eigenvalue weighted by molar-refractivity contribution is 5.78. The monoisotopic (exact) mass is 230 g/mol. The van der Waals surface area contributed by atoms with E-state index in [1.807, 2.05) is 13.8 Å². The van der Waals surface area contributed by atoms with Crippen molar-refractivity contribution in [3.63, 3.8) is 0 Å². The van der Waals surface area contributed by atoms with Gasteiger partial charge in [0.1, 0.15) is 0 Å². The van der Waals surface area contributed by atoms with Crippen LogP contribution in [0.3, 0.4) is 0 Å². The van der Waals surface area contributed by atoms with Crippen molar-refractivity contribution in [3.05, 3.63) is 0 Å². The summed E-state index contributed by atoms with van der Waals surface area (Å²) < 4.78 is 5.17. The Morgan fingerprint density at radius 2 is 2.06 bits per heavy atom. The first-order valence-corrected chi connectivity index (χ1v) is 5.82.